The number of anilines is 2. The Morgan fingerprint density at radius 2 is 2.03 bits per heavy atom. The number of alkyl halides is 3. The molecular weight excluding hydrogens is 514 g/mol. The molecule has 14 heteroatoms. The fourth-order valence-corrected chi connectivity index (χ4v) is 5.27. The molecule has 1 N–H and O–H groups in total. The van der Waals surface area contributed by atoms with Crippen molar-refractivity contribution < 1.29 is 27.1 Å². The average Bonchev–Trinajstić information content (AvgIpc) is 3.47. The summed E-state index contributed by atoms with van der Waals surface area (Å²) in [5, 5.41) is 20.7. The van der Waals surface area contributed by atoms with Crippen LogP contribution in [-0.4, -0.2) is 69.7 Å². The Labute approximate surface area is 213 Å². The van der Waals surface area contributed by atoms with Crippen molar-refractivity contribution in [3.8, 4) is 5.75 Å². The predicted molar refractivity (Wildman–Crippen MR) is 127 cm³/mol. The van der Waals surface area contributed by atoms with Crippen molar-refractivity contribution in [1.29, 1.82) is 0 Å². The number of hydrogen-bond donors (Lipinski definition) is 1. The topological polar surface area (TPSA) is 96.4 Å². The molecule has 2 aliphatic heterocycles. The zero-order valence-corrected chi connectivity index (χ0v) is 20.3. The zero-order valence-electron chi connectivity index (χ0n) is 19.5. The molecule has 37 heavy (non-hydrogen) atoms. The maximum absolute atomic E-state index is 13.9. The van der Waals surface area contributed by atoms with Gasteiger partial charge in [0, 0.05) is 38.4 Å². The third-order valence-corrected chi connectivity index (χ3v) is 7.10. The van der Waals surface area contributed by atoms with Crippen molar-refractivity contribution in [3.63, 3.8) is 0 Å². The smallest absolute Gasteiger partial charge is 0.403 e. The van der Waals surface area contributed by atoms with Gasteiger partial charge in [-0.05, 0) is 42.7 Å². The number of Topliss-reactive ketones (excluding diaryl/α,β-unsaturated/α-hetero) is 1. The number of carbonyl (C=O) groups excluding carboxylic acids is 1. The van der Waals surface area contributed by atoms with E-state index >= 15 is 0 Å². The SMILES string of the molecule is O=C(Cc1nnc(N[C@@H]2CCN(c3cccnn3)C2)s1)[C@@H](c1ccc(F)c(OC(F)(F)F)c1)N1CCC1. The maximum atomic E-state index is 13.9. The highest BCUT2D eigenvalue weighted by Crippen LogP contribution is 2.34. The van der Waals surface area contributed by atoms with Crippen LogP contribution in [0, 0.1) is 5.82 Å². The van der Waals surface area contributed by atoms with Gasteiger partial charge in [0.2, 0.25) is 5.13 Å². The number of nitrogens with one attached hydrogen (secondary N) is 1. The normalized spacial score (nSPS) is 18.9. The first-order valence-corrected chi connectivity index (χ1v) is 12.5. The van der Waals surface area contributed by atoms with Gasteiger partial charge in [0.25, 0.3) is 0 Å². The monoisotopic (exact) mass is 537 g/mol. The maximum Gasteiger partial charge on any atom is 0.573 e. The molecule has 4 heterocycles. The largest absolute Gasteiger partial charge is 0.573 e. The van der Waals surface area contributed by atoms with Crippen LogP contribution in [0.5, 0.6) is 5.75 Å². The molecule has 1 aromatic carbocycles. The van der Waals surface area contributed by atoms with E-state index in [2.05, 4.69) is 35.3 Å². The molecule has 0 saturated carbocycles. The fraction of sp³-hybridized carbons (Fsp3) is 0.435. The van der Waals surface area contributed by atoms with E-state index in [1.54, 1.807) is 6.20 Å². The Balaban J connectivity index is 1.24. The van der Waals surface area contributed by atoms with Crippen LogP contribution >= 0.6 is 11.3 Å². The quantitative estimate of drug-likeness (QED) is 0.411. The Morgan fingerprint density at radius 3 is 2.73 bits per heavy atom. The van der Waals surface area contributed by atoms with Crippen LogP contribution in [0.25, 0.3) is 0 Å². The molecule has 0 radical (unpaired) electrons. The fourth-order valence-electron chi connectivity index (χ4n) is 4.44. The van der Waals surface area contributed by atoms with Crippen LogP contribution in [0.2, 0.25) is 0 Å². The van der Waals surface area contributed by atoms with Crippen molar-refractivity contribution in [3.05, 3.63) is 52.9 Å². The van der Waals surface area contributed by atoms with Gasteiger partial charge in [-0.25, -0.2) is 4.39 Å². The van der Waals surface area contributed by atoms with E-state index in [4.69, 9.17) is 0 Å². The molecule has 0 bridgehead atoms. The number of ketones is 1. The van der Waals surface area contributed by atoms with Crippen molar-refractivity contribution >= 4 is 28.1 Å². The van der Waals surface area contributed by atoms with Crippen LogP contribution in [0.15, 0.2) is 36.5 Å². The van der Waals surface area contributed by atoms with Crippen LogP contribution in [-0.2, 0) is 11.2 Å². The first-order valence-electron chi connectivity index (χ1n) is 11.7. The number of hydrogen-bond acceptors (Lipinski definition) is 10. The van der Waals surface area contributed by atoms with Gasteiger partial charge in [-0.15, -0.1) is 28.5 Å². The van der Waals surface area contributed by atoms with Crippen molar-refractivity contribution in [2.75, 3.05) is 36.4 Å². The number of carbonyl (C=O) groups is 1. The Morgan fingerprint density at radius 1 is 1.19 bits per heavy atom. The van der Waals surface area contributed by atoms with E-state index in [0.29, 0.717) is 23.2 Å². The molecule has 2 aromatic heterocycles. The van der Waals surface area contributed by atoms with Crippen molar-refractivity contribution in [2.45, 2.75) is 37.7 Å². The van der Waals surface area contributed by atoms with Gasteiger partial charge in [-0.2, -0.15) is 5.10 Å². The highest BCUT2D eigenvalue weighted by molar-refractivity contribution is 7.15. The lowest BCUT2D eigenvalue weighted by atomic mass is 9.96. The molecule has 0 amide bonds. The summed E-state index contributed by atoms with van der Waals surface area (Å²) in [6.07, 6.45) is -1.75. The molecule has 2 saturated heterocycles. The summed E-state index contributed by atoms with van der Waals surface area (Å²) in [7, 11) is 0. The average molecular weight is 538 g/mol. The van der Waals surface area contributed by atoms with Crippen LogP contribution in [0.3, 0.4) is 0 Å². The minimum absolute atomic E-state index is 0.0518. The number of halogens is 4. The number of benzene rings is 1. The highest BCUT2D eigenvalue weighted by atomic mass is 32.1. The first-order chi connectivity index (χ1) is 17.7. The Kier molecular flexibility index (Phi) is 7.20. The second-order valence-corrected chi connectivity index (χ2v) is 9.89. The molecular formula is C23H23F4N7O2S. The molecule has 0 aliphatic carbocycles. The highest BCUT2D eigenvalue weighted by Gasteiger charge is 2.35. The minimum atomic E-state index is -5.05. The molecule has 0 unspecified atom stereocenters. The number of rotatable bonds is 9. The van der Waals surface area contributed by atoms with Gasteiger partial charge >= 0.3 is 6.36 Å². The molecule has 2 aliphatic rings. The summed E-state index contributed by atoms with van der Waals surface area (Å²) < 4.78 is 55.8. The predicted octanol–water partition coefficient (Wildman–Crippen LogP) is 3.62. The van der Waals surface area contributed by atoms with E-state index in [-0.39, 0.29) is 23.8 Å². The first kappa shape index (κ1) is 25.3. The molecule has 196 valence electrons. The van der Waals surface area contributed by atoms with Gasteiger partial charge in [-0.1, -0.05) is 17.4 Å². The van der Waals surface area contributed by atoms with Crippen LogP contribution in [0.1, 0.15) is 29.5 Å². The molecule has 2 atom stereocenters. The summed E-state index contributed by atoms with van der Waals surface area (Å²) >= 11 is 1.26. The second kappa shape index (κ2) is 10.5. The summed E-state index contributed by atoms with van der Waals surface area (Å²) in [6.45, 7) is 2.75. The van der Waals surface area contributed by atoms with Crippen molar-refractivity contribution in [1.82, 2.24) is 25.3 Å². The number of aromatic nitrogens is 4. The standard InChI is InChI=1S/C23H23F4N7O2S/c24-16-5-4-14(11-18(16)36-23(25,26)27)21(33-8-2-9-33)17(35)12-20-31-32-22(37-20)29-15-6-10-34(13-15)19-3-1-7-28-30-19/h1,3-5,7,11,15,21H,2,6,8-10,12-13H2,(H,29,32)/t15-,21-/m1/s1. The molecule has 0 spiro atoms. The van der Waals surface area contributed by atoms with Crippen molar-refractivity contribution in [2.24, 2.45) is 0 Å². The summed E-state index contributed by atoms with van der Waals surface area (Å²) in [6, 6.07) is 6.17. The van der Waals surface area contributed by atoms with Gasteiger partial charge in [0.05, 0.1) is 12.5 Å². The van der Waals surface area contributed by atoms with E-state index < -0.39 is 24.0 Å². The Bertz CT molecular complexity index is 1240. The number of ether oxygens (including phenoxy) is 1. The number of nitrogens with zero attached hydrogens (tertiary/aromatic N) is 6. The summed E-state index contributed by atoms with van der Waals surface area (Å²) in [5.41, 5.74) is 0.239. The Hall–Kier alpha value is -3.39. The third-order valence-electron chi connectivity index (χ3n) is 6.25. The zero-order chi connectivity index (χ0) is 26.0. The molecule has 2 fully saturated rings. The lowest BCUT2D eigenvalue weighted by Crippen LogP contribution is -2.44. The lowest BCUT2D eigenvalue weighted by molar-refractivity contribution is -0.275. The molecule has 9 nitrogen and oxygen atoms in total. The number of likely N-dealkylation sites (tertiary alicyclic amines) is 1. The molecule has 5 rings (SSSR count). The van der Waals surface area contributed by atoms with Gasteiger partial charge in [0.1, 0.15) is 5.01 Å². The summed E-state index contributed by atoms with van der Waals surface area (Å²) in [5.74, 6) is -1.57. The van der Waals surface area contributed by atoms with E-state index in [1.807, 2.05) is 17.0 Å². The summed E-state index contributed by atoms with van der Waals surface area (Å²) in [4.78, 5) is 17.2. The lowest BCUT2D eigenvalue weighted by Gasteiger charge is -2.37. The van der Waals surface area contributed by atoms with E-state index in [0.717, 1.165) is 43.9 Å². The minimum Gasteiger partial charge on any atom is -0.403 e. The van der Waals surface area contributed by atoms with E-state index in [1.165, 1.54) is 17.4 Å². The van der Waals surface area contributed by atoms with Gasteiger partial charge in [0.15, 0.2) is 23.2 Å². The molecule has 3 aromatic rings. The van der Waals surface area contributed by atoms with Crippen LogP contribution < -0.4 is 15.0 Å². The van der Waals surface area contributed by atoms with Gasteiger partial charge in [-0.3, -0.25) is 9.69 Å². The van der Waals surface area contributed by atoms with Gasteiger partial charge < -0.3 is 15.0 Å². The van der Waals surface area contributed by atoms with E-state index in [9.17, 15) is 22.4 Å². The third kappa shape index (κ3) is 6.13. The second-order valence-electron chi connectivity index (χ2n) is 8.83. The van der Waals surface area contributed by atoms with Crippen LogP contribution in [0.4, 0.5) is 28.5 Å².